The lowest BCUT2D eigenvalue weighted by Gasteiger charge is -2.19. The standard InChI is InChI=1S/C37H32FN2O/c1-22-7-17-29-30-18-14-27(20-39)34(36(30)41-35(29)33(22)32-19-23(2)31(38)21-40(32)6)26-10-8-24(9-11-26)25-12-15-28(16-13-25)37(3,4)5/h7-19,21H,1-6H3/q+1/i2D3. The third-order valence-electron chi connectivity index (χ3n) is 7.88. The molecule has 2 aromatic heterocycles. The van der Waals surface area contributed by atoms with Gasteiger partial charge in [-0.15, -0.1) is 0 Å². The highest BCUT2D eigenvalue weighted by Gasteiger charge is 2.24. The van der Waals surface area contributed by atoms with Crippen LogP contribution in [-0.4, -0.2) is 0 Å². The number of fused-ring (bicyclic) bond motifs is 3. The molecule has 6 aromatic rings. The Morgan fingerprint density at radius 2 is 1.39 bits per heavy atom. The van der Waals surface area contributed by atoms with Crippen molar-refractivity contribution in [3.8, 4) is 39.6 Å². The van der Waals surface area contributed by atoms with E-state index in [0.29, 0.717) is 33.6 Å². The van der Waals surface area contributed by atoms with E-state index in [2.05, 4.69) is 63.2 Å². The number of rotatable bonds is 3. The number of nitriles is 1. The molecule has 0 unspecified atom stereocenters. The van der Waals surface area contributed by atoms with Crippen LogP contribution in [0.1, 0.15) is 47.1 Å². The number of nitrogens with zero attached hydrogens (tertiary/aromatic N) is 2. The molecule has 202 valence electrons. The van der Waals surface area contributed by atoms with Crippen molar-refractivity contribution in [2.24, 2.45) is 7.05 Å². The summed E-state index contributed by atoms with van der Waals surface area (Å²) in [6.45, 7) is 5.88. The van der Waals surface area contributed by atoms with Crippen LogP contribution in [-0.2, 0) is 12.5 Å². The molecule has 0 aliphatic heterocycles. The van der Waals surface area contributed by atoms with Gasteiger partial charge < -0.3 is 4.42 Å². The number of furan rings is 1. The molecular formula is C37H32FN2O+. The third kappa shape index (κ3) is 4.48. The summed E-state index contributed by atoms with van der Waals surface area (Å²) >= 11 is 0. The van der Waals surface area contributed by atoms with Gasteiger partial charge in [0.25, 0.3) is 0 Å². The first-order valence-electron chi connectivity index (χ1n) is 15.1. The van der Waals surface area contributed by atoms with Crippen LogP contribution < -0.4 is 4.57 Å². The average Bonchev–Trinajstić information content (AvgIpc) is 3.35. The van der Waals surface area contributed by atoms with Crippen LogP contribution in [0.3, 0.4) is 0 Å². The molecule has 0 spiro atoms. The zero-order chi connectivity index (χ0) is 31.6. The summed E-state index contributed by atoms with van der Waals surface area (Å²) in [6.07, 6.45) is 1.19. The first kappa shape index (κ1) is 23.0. The lowest BCUT2D eigenvalue weighted by molar-refractivity contribution is -0.662. The van der Waals surface area contributed by atoms with Crippen molar-refractivity contribution in [2.45, 2.75) is 40.0 Å². The highest BCUT2D eigenvalue weighted by Crippen LogP contribution is 2.42. The number of aromatic nitrogens is 1. The van der Waals surface area contributed by atoms with Gasteiger partial charge in [0.15, 0.2) is 5.82 Å². The van der Waals surface area contributed by atoms with Crippen molar-refractivity contribution in [1.29, 1.82) is 5.26 Å². The molecule has 0 radical (unpaired) electrons. The number of benzene rings is 4. The van der Waals surface area contributed by atoms with Gasteiger partial charge in [-0.2, -0.15) is 9.83 Å². The summed E-state index contributed by atoms with van der Waals surface area (Å²) in [6, 6.07) is 28.0. The lowest BCUT2D eigenvalue weighted by Crippen LogP contribution is -2.31. The maximum atomic E-state index is 14.7. The molecule has 0 aliphatic rings. The topological polar surface area (TPSA) is 40.8 Å². The van der Waals surface area contributed by atoms with Gasteiger partial charge in [0.1, 0.15) is 18.2 Å². The Kier molecular flexibility index (Phi) is 5.45. The molecule has 0 aliphatic carbocycles. The highest BCUT2D eigenvalue weighted by atomic mass is 19.1. The Balaban J connectivity index is 1.53. The third-order valence-corrected chi connectivity index (χ3v) is 7.88. The second kappa shape index (κ2) is 9.71. The quantitative estimate of drug-likeness (QED) is 0.209. The van der Waals surface area contributed by atoms with E-state index in [-0.39, 0.29) is 11.0 Å². The zero-order valence-electron chi connectivity index (χ0n) is 26.8. The molecule has 0 bridgehead atoms. The van der Waals surface area contributed by atoms with E-state index in [9.17, 15) is 9.65 Å². The summed E-state index contributed by atoms with van der Waals surface area (Å²) in [5.41, 5.74) is 8.33. The SMILES string of the molecule is [2H]C([2H])([2H])c1cc(-c2c(C)ccc3c2oc2c(-c4ccc(-c5ccc(C(C)(C)C)cc5)cc4)c(C#N)ccc23)[n+](C)cc1F. The minimum absolute atomic E-state index is 0.0750. The van der Waals surface area contributed by atoms with Gasteiger partial charge in [-0.25, -0.2) is 4.39 Å². The maximum Gasteiger partial charge on any atom is 0.216 e. The van der Waals surface area contributed by atoms with Crippen molar-refractivity contribution < 1.29 is 17.5 Å². The fraction of sp³-hybridized carbons (Fsp3) is 0.189. The normalized spacial score (nSPS) is 13.1. The van der Waals surface area contributed by atoms with Crippen molar-refractivity contribution >= 4 is 21.9 Å². The van der Waals surface area contributed by atoms with Crippen LogP contribution in [0.25, 0.3) is 55.4 Å². The van der Waals surface area contributed by atoms with E-state index in [1.165, 1.54) is 17.8 Å². The van der Waals surface area contributed by atoms with Gasteiger partial charge in [0.2, 0.25) is 11.9 Å². The number of hydrogen-bond acceptors (Lipinski definition) is 2. The Labute approximate surface area is 244 Å². The second-order valence-corrected chi connectivity index (χ2v) is 11.6. The Bertz CT molecular complexity index is 2110. The molecule has 0 atom stereocenters. The van der Waals surface area contributed by atoms with E-state index in [1.54, 1.807) is 17.7 Å². The average molecular weight is 543 g/mol. The molecule has 3 nitrogen and oxygen atoms in total. The molecule has 4 heteroatoms. The molecule has 0 fully saturated rings. The van der Waals surface area contributed by atoms with Crippen molar-refractivity contribution in [1.82, 2.24) is 0 Å². The molecule has 0 N–H and O–H groups in total. The van der Waals surface area contributed by atoms with E-state index < -0.39 is 12.7 Å². The zero-order valence-corrected chi connectivity index (χ0v) is 23.8. The Morgan fingerprint density at radius 3 is 2.00 bits per heavy atom. The van der Waals surface area contributed by atoms with Crippen LogP contribution in [0.2, 0.25) is 0 Å². The Hall–Kier alpha value is -4.75. The maximum absolute atomic E-state index is 14.7. The second-order valence-electron chi connectivity index (χ2n) is 11.6. The molecule has 41 heavy (non-hydrogen) atoms. The first-order valence-corrected chi connectivity index (χ1v) is 13.6. The summed E-state index contributed by atoms with van der Waals surface area (Å²) in [4.78, 5) is 0. The minimum atomic E-state index is -2.61. The van der Waals surface area contributed by atoms with Gasteiger partial charge in [-0.05, 0) is 64.7 Å². The van der Waals surface area contributed by atoms with E-state index in [0.717, 1.165) is 33.0 Å². The first-order chi connectivity index (χ1) is 20.8. The summed E-state index contributed by atoms with van der Waals surface area (Å²) in [5, 5.41) is 11.8. The number of hydrogen-bond donors (Lipinski definition) is 0. The van der Waals surface area contributed by atoms with Gasteiger partial charge in [0.05, 0.1) is 17.2 Å². The number of pyridine rings is 1. The van der Waals surface area contributed by atoms with Crippen molar-refractivity contribution in [3.05, 3.63) is 113 Å². The van der Waals surface area contributed by atoms with Crippen molar-refractivity contribution in [3.63, 3.8) is 0 Å². The summed E-state index contributed by atoms with van der Waals surface area (Å²) in [5.74, 6) is -0.791. The minimum Gasteiger partial charge on any atom is -0.454 e. The van der Waals surface area contributed by atoms with Crippen LogP contribution in [0.5, 0.6) is 0 Å². The monoisotopic (exact) mass is 542 g/mol. The molecule has 0 amide bonds. The van der Waals surface area contributed by atoms with Crippen LogP contribution in [0.15, 0.2) is 89.5 Å². The van der Waals surface area contributed by atoms with Gasteiger partial charge in [-0.1, -0.05) is 81.4 Å². The van der Waals surface area contributed by atoms with Crippen LogP contribution in [0.4, 0.5) is 4.39 Å². The van der Waals surface area contributed by atoms with Gasteiger partial charge >= 0.3 is 0 Å². The largest absolute Gasteiger partial charge is 0.454 e. The predicted octanol–water partition coefficient (Wildman–Crippen LogP) is 9.34. The molecule has 4 aromatic carbocycles. The van der Waals surface area contributed by atoms with Gasteiger partial charge in [0, 0.05) is 26.5 Å². The smallest absolute Gasteiger partial charge is 0.216 e. The van der Waals surface area contributed by atoms with Gasteiger partial charge in [-0.3, -0.25) is 0 Å². The summed E-state index contributed by atoms with van der Waals surface area (Å²) in [7, 11) is 1.68. The molecule has 2 heterocycles. The van der Waals surface area contributed by atoms with Crippen LogP contribution in [0, 0.1) is 30.9 Å². The van der Waals surface area contributed by atoms with Crippen molar-refractivity contribution in [2.75, 3.05) is 0 Å². The molecule has 0 saturated heterocycles. The van der Waals surface area contributed by atoms with Crippen LogP contribution >= 0.6 is 0 Å². The Morgan fingerprint density at radius 1 is 0.805 bits per heavy atom. The van der Waals surface area contributed by atoms with E-state index in [4.69, 9.17) is 8.53 Å². The van der Waals surface area contributed by atoms with E-state index >= 15 is 0 Å². The van der Waals surface area contributed by atoms with E-state index in [1.807, 2.05) is 37.3 Å². The molecular weight excluding hydrogens is 507 g/mol. The number of aryl methyl sites for hydroxylation is 3. The number of halogens is 1. The predicted molar refractivity (Wildman–Crippen MR) is 164 cm³/mol. The summed E-state index contributed by atoms with van der Waals surface area (Å²) < 4.78 is 46.5. The molecule has 6 rings (SSSR count). The highest BCUT2D eigenvalue weighted by molar-refractivity contribution is 6.14. The fourth-order valence-electron chi connectivity index (χ4n) is 5.56. The lowest BCUT2D eigenvalue weighted by atomic mass is 9.86. The molecule has 0 saturated carbocycles. The fourth-order valence-corrected chi connectivity index (χ4v) is 5.56.